The summed E-state index contributed by atoms with van der Waals surface area (Å²) in [7, 11) is 1.45. The van der Waals surface area contributed by atoms with Crippen LogP contribution in [0.3, 0.4) is 0 Å². The molecular weight excluding hydrogens is 254 g/mol. The second kappa shape index (κ2) is 5.34. The van der Waals surface area contributed by atoms with E-state index in [9.17, 15) is 9.59 Å². The second-order valence-electron chi connectivity index (χ2n) is 4.52. The van der Waals surface area contributed by atoms with Crippen molar-refractivity contribution in [1.82, 2.24) is 15.2 Å². The average molecular weight is 271 g/mol. The fraction of sp³-hybridized carbons (Fsp3) is 0.545. The topological polar surface area (TPSA) is 82.5 Å². The van der Waals surface area contributed by atoms with Crippen molar-refractivity contribution in [2.45, 2.75) is 32.4 Å². The summed E-state index contributed by atoms with van der Waals surface area (Å²) in [5.74, 6) is -1.04. The third-order valence-corrected chi connectivity index (χ3v) is 3.74. The number of urea groups is 1. The van der Waals surface area contributed by atoms with Crippen LogP contribution >= 0.6 is 11.3 Å². The van der Waals surface area contributed by atoms with Crippen molar-refractivity contribution in [2.75, 3.05) is 7.05 Å². The Kier molecular flexibility index (Phi) is 4.28. The van der Waals surface area contributed by atoms with Crippen molar-refractivity contribution >= 4 is 23.3 Å². The number of carbonyl (C=O) groups excluding carboxylic acids is 1. The molecule has 2 N–H and O–H groups in total. The number of thiazole rings is 1. The minimum atomic E-state index is -1.04. The Hall–Kier alpha value is -1.63. The molecule has 1 heterocycles. The van der Waals surface area contributed by atoms with Gasteiger partial charge in [0.2, 0.25) is 0 Å². The fourth-order valence-corrected chi connectivity index (χ4v) is 2.00. The van der Waals surface area contributed by atoms with Crippen molar-refractivity contribution in [3.05, 3.63) is 16.6 Å². The zero-order valence-corrected chi connectivity index (χ0v) is 11.6. The van der Waals surface area contributed by atoms with Crippen LogP contribution in [0.1, 0.15) is 25.8 Å². The number of rotatable bonds is 4. The lowest BCUT2D eigenvalue weighted by atomic mass is 10.1. The van der Waals surface area contributed by atoms with Crippen molar-refractivity contribution in [3.8, 4) is 0 Å². The highest BCUT2D eigenvalue weighted by Crippen LogP contribution is 2.22. The van der Waals surface area contributed by atoms with Gasteiger partial charge in [0.15, 0.2) is 0 Å². The van der Waals surface area contributed by atoms with Gasteiger partial charge in [-0.1, -0.05) is 0 Å². The van der Waals surface area contributed by atoms with E-state index in [0.29, 0.717) is 0 Å². The van der Waals surface area contributed by atoms with Crippen LogP contribution in [0.5, 0.6) is 0 Å². The molecule has 1 aromatic heterocycles. The van der Waals surface area contributed by atoms with Crippen LogP contribution in [0.4, 0.5) is 4.79 Å². The lowest BCUT2D eigenvalue weighted by molar-refractivity contribution is -0.141. The van der Waals surface area contributed by atoms with Crippen LogP contribution in [-0.2, 0) is 10.3 Å². The number of carboxylic acids is 1. The summed E-state index contributed by atoms with van der Waals surface area (Å²) >= 11 is 1.44. The number of aromatic nitrogens is 1. The van der Waals surface area contributed by atoms with E-state index in [-0.39, 0.29) is 0 Å². The lowest BCUT2D eigenvalue weighted by Gasteiger charge is -2.29. The molecule has 18 heavy (non-hydrogen) atoms. The minimum absolute atomic E-state index is 0.440. The molecule has 0 aliphatic rings. The van der Waals surface area contributed by atoms with Crippen LogP contribution in [0.2, 0.25) is 0 Å². The van der Waals surface area contributed by atoms with Crippen LogP contribution in [0.25, 0.3) is 0 Å². The molecule has 0 bridgehead atoms. The molecule has 0 aliphatic heterocycles. The Morgan fingerprint density at radius 2 is 2.17 bits per heavy atom. The van der Waals surface area contributed by atoms with E-state index >= 15 is 0 Å². The molecular formula is C11H17N3O3S. The highest BCUT2D eigenvalue weighted by Gasteiger charge is 2.29. The third-order valence-electron chi connectivity index (χ3n) is 2.65. The Bertz CT molecular complexity index is 431. The minimum Gasteiger partial charge on any atom is -0.480 e. The Balaban J connectivity index is 2.73. The van der Waals surface area contributed by atoms with E-state index in [0.717, 1.165) is 9.91 Å². The maximum Gasteiger partial charge on any atom is 0.326 e. The zero-order chi connectivity index (χ0) is 13.9. The zero-order valence-electron chi connectivity index (χ0n) is 10.8. The summed E-state index contributed by atoms with van der Waals surface area (Å²) in [5, 5.41) is 14.2. The van der Waals surface area contributed by atoms with Gasteiger partial charge in [0.1, 0.15) is 11.0 Å². The van der Waals surface area contributed by atoms with E-state index in [1.807, 2.05) is 19.2 Å². The van der Waals surface area contributed by atoms with Gasteiger partial charge in [-0.05, 0) is 20.8 Å². The molecule has 0 fully saturated rings. The molecule has 100 valence electrons. The summed E-state index contributed by atoms with van der Waals surface area (Å²) < 4.78 is 0. The summed E-state index contributed by atoms with van der Waals surface area (Å²) in [6, 6.07) is -1.32. The van der Waals surface area contributed by atoms with Crippen molar-refractivity contribution < 1.29 is 14.7 Å². The van der Waals surface area contributed by atoms with E-state index in [4.69, 9.17) is 5.11 Å². The standard InChI is InChI=1S/C11H17N3O3S/c1-7(8(15)16)14(4)10(17)13-11(2,3)9-12-5-6-18-9/h5-7H,1-4H3,(H,13,17)(H,15,16). The first-order chi connectivity index (χ1) is 8.25. The molecule has 0 aromatic carbocycles. The first kappa shape index (κ1) is 14.4. The van der Waals surface area contributed by atoms with Gasteiger partial charge in [0, 0.05) is 18.6 Å². The summed E-state index contributed by atoms with van der Waals surface area (Å²) in [6.07, 6.45) is 1.66. The normalized spacial score (nSPS) is 12.9. The van der Waals surface area contributed by atoms with Crippen LogP contribution in [0, 0.1) is 0 Å². The molecule has 1 unspecified atom stereocenters. The molecule has 0 radical (unpaired) electrons. The number of likely N-dealkylation sites (N-methyl/N-ethyl adjacent to an activating group) is 1. The van der Waals surface area contributed by atoms with Gasteiger partial charge in [-0.2, -0.15) is 0 Å². The first-order valence-corrected chi connectivity index (χ1v) is 6.31. The van der Waals surface area contributed by atoms with Gasteiger partial charge >= 0.3 is 12.0 Å². The molecule has 0 aliphatic carbocycles. The maximum atomic E-state index is 11.9. The number of nitrogens with zero attached hydrogens (tertiary/aromatic N) is 2. The predicted molar refractivity (Wildman–Crippen MR) is 68.5 cm³/mol. The van der Waals surface area contributed by atoms with Gasteiger partial charge in [0.05, 0.1) is 5.54 Å². The highest BCUT2D eigenvalue weighted by atomic mass is 32.1. The van der Waals surface area contributed by atoms with Gasteiger partial charge in [-0.25, -0.2) is 14.6 Å². The summed E-state index contributed by atoms with van der Waals surface area (Å²) in [4.78, 5) is 28.0. The molecule has 1 aromatic rings. The molecule has 7 heteroatoms. The number of carboxylic acid groups (broad SMARTS) is 1. The van der Waals surface area contributed by atoms with Crippen LogP contribution in [-0.4, -0.2) is 40.1 Å². The van der Waals surface area contributed by atoms with E-state index < -0.39 is 23.6 Å². The lowest BCUT2D eigenvalue weighted by Crippen LogP contribution is -2.51. The molecule has 0 saturated heterocycles. The SMILES string of the molecule is CC(C(=O)O)N(C)C(=O)NC(C)(C)c1nccs1. The number of hydrogen-bond donors (Lipinski definition) is 2. The summed E-state index contributed by atoms with van der Waals surface area (Å²) in [6.45, 7) is 5.10. The Morgan fingerprint density at radius 3 is 2.61 bits per heavy atom. The van der Waals surface area contributed by atoms with E-state index in [1.54, 1.807) is 6.20 Å². The maximum absolute atomic E-state index is 11.9. The monoisotopic (exact) mass is 271 g/mol. The van der Waals surface area contributed by atoms with Crippen LogP contribution in [0.15, 0.2) is 11.6 Å². The Morgan fingerprint density at radius 1 is 1.56 bits per heavy atom. The summed E-state index contributed by atoms with van der Waals surface area (Å²) in [5.41, 5.74) is -0.627. The van der Waals surface area contributed by atoms with Gasteiger partial charge in [-0.15, -0.1) is 11.3 Å². The van der Waals surface area contributed by atoms with Gasteiger partial charge in [0.25, 0.3) is 0 Å². The van der Waals surface area contributed by atoms with Crippen LogP contribution < -0.4 is 5.32 Å². The quantitative estimate of drug-likeness (QED) is 0.869. The van der Waals surface area contributed by atoms with Gasteiger partial charge < -0.3 is 15.3 Å². The number of hydrogen-bond acceptors (Lipinski definition) is 4. The number of aliphatic carboxylic acids is 1. The van der Waals surface area contributed by atoms with Crippen molar-refractivity contribution in [3.63, 3.8) is 0 Å². The Labute approximate surface area is 110 Å². The molecule has 0 spiro atoms. The average Bonchev–Trinajstić information content (AvgIpc) is 2.80. The highest BCUT2D eigenvalue weighted by molar-refractivity contribution is 7.09. The number of amides is 2. The predicted octanol–water partition coefficient (Wildman–Crippen LogP) is 1.49. The first-order valence-electron chi connectivity index (χ1n) is 5.43. The molecule has 1 rings (SSSR count). The molecule has 2 amide bonds. The third kappa shape index (κ3) is 3.19. The molecule has 6 nitrogen and oxygen atoms in total. The largest absolute Gasteiger partial charge is 0.480 e. The molecule has 0 saturated carbocycles. The number of carbonyl (C=O) groups is 2. The van der Waals surface area contributed by atoms with Crippen molar-refractivity contribution in [1.29, 1.82) is 0 Å². The fourth-order valence-electron chi connectivity index (χ4n) is 1.28. The smallest absolute Gasteiger partial charge is 0.326 e. The van der Waals surface area contributed by atoms with E-state index in [2.05, 4.69) is 10.3 Å². The number of nitrogens with one attached hydrogen (secondary N) is 1. The van der Waals surface area contributed by atoms with Crippen molar-refractivity contribution in [2.24, 2.45) is 0 Å². The van der Waals surface area contributed by atoms with E-state index in [1.165, 1.54) is 25.3 Å². The second-order valence-corrected chi connectivity index (χ2v) is 5.41. The van der Waals surface area contributed by atoms with Gasteiger partial charge in [-0.3, -0.25) is 0 Å². The molecule has 1 atom stereocenters.